The van der Waals surface area contributed by atoms with E-state index in [4.69, 9.17) is 0 Å². The maximum atomic E-state index is 12.1. The highest BCUT2D eigenvalue weighted by molar-refractivity contribution is 14.0. The molecule has 2 fully saturated rings. The van der Waals surface area contributed by atoms with Gasteiger partial charge >= 0.3 is 0 Å². The molecule has 2 atom stereocenters. The number of likely N-dealkylation sites (tertiary alicyclic amines) is 1. The number of rotatable bonds is 5. The van der Waals surface area contributed by atoms with Crippen LogP contribution in [0.2, 0.25) is 0 Å². The standard InChI is InChI=1S/C18H26N4O.HI/c1-2-19-18(20-13-17(23)22-10-6-7-11-22)21-16-12-15(16)14-8-4-3-5-9-14;/h3-5,8-9,15-16H,2,6-7,10-13H2,1H3,(H2,19,20,21);1H. The Labute approximate surface area is 161 Å². The van der Waals surface area contributed by atoms with Crippen molar-refractivity contribution in [3.8, 4) is 0 Å². The van der Waals surface area contributed by atoms with Crippen molar-refractivity contribution in [2.24, 2.45) is 4.99 Å². The van der Waals surface area contributed by atoms with Crippen LogP contribution in [0.5, 0.6) is 0 Å². The van der Waals surface area contributed by atoms with Crippen molar-refractivity contribution >= 4 is 35.8 Å². The number of nitrogens with zero attached hydrogens (tertiary/aromatic N) is 2. The molecule has 132 valence electrons. The van der Waals surface area contributed by atoms with Gasteiger partial charge in [0.15, 0.2) is 5.96 Å². The molecule has 1 aliphatic carbocycles. The number of hydrogen-bond donors (Lipinski definition) is 2. The zero-order chi connectivity index (χ0) is 16.1. The molecule has 1 aromatic rings. The molecule has 1 saturated heterocycles. The van der Waals surface area contributed by atoms with Gasteiger partial charge in [-0.1, -0.05) is 30.3 Å². The molecule has 5 nitrogen and oxygen atoms in total. The molecule has 2 N–H and O–H groups in total. The van der Waals surface area contributed by atoms with Crippen LogP contribution in [-0.2, 0) is 4.79 Å². The van der Waals surface area contributed by atoms with E-state index >= 15 is 0 Å². The van der Waals surface area contributed by atoms with Gasteiger partial charge in [0, 0.05) is 31.6 Å². The lowest BCUT2D eigenvalue weighted by atomic mass is 10.1. The second-order valence-corrected chi connectivity index (χ2v) is 6.29. The summed E-state index contributed by atoms with van der Waals surface area (Å²) in [5.41, 5.74) is 1.37. The Hall–Kier alpha value is -1.31. The van der Waals surface area contributed by atoms with Crippen molar-refractivity contribution in [1.29, 1.82) is 0 Å². The van der Waals surface area contributed by atoms with Gasteiger partial charge < -0.3 is 15.5 Å². The van der Waals surface area contributed by atoms with Gasteiger partial charge in [0.2, 0.25) is 5.91 Å². The smallest absolute Gasteiger partial charge is 0.244 e. The first kappa shape index (κ1) is 19.0. The van der Waals surface area contributed by atoms with Crippen LogP contribution in [0, 0.1) is 0 Å². The first-order chi connectivity index (χ1) is 11.3. The normalized spacial score (nSPS) is 22.7. The van der Waals surface area contributed by atoms with Gasteiger partial charge in [-0.05, 0) is 31.7 Å². The Morgan fingerprint density at radius 2 is 1.96 bits per heavy atom. The fourth-order valence-corrected chi connectivity index (χ4v) is 3.13. The molecule has 1 saturated carbocycles. The summed E-state index contributed by atoms with van der Waals surface area (Å²) in [7, 11) is 0. The molecule has 1 aromatic carbocycles. The van der Waals surface area contributed by atoms with E-state index < -0.39 is 0 Å². The molecule has 2 unspecified atom stereocenters. The van der Waals surface area contributed by atoms with E-state index in [1.54, 1.807) is 0 Å². The molecule has 0 spiro atoms. The average molecular weight is 442 g/mol. The number of hydrogen-bond acceptors (Lipinski definition) is 2. The Kier molecular flexibility index (Phi) is 7.33. The second kappa shape index (κ2) is 9.25. The fourth-order valence-electron chi connectivity index (χ4n) is 3.13. The van der Waals surface area contributed by atoms with E-state index in [0.717, 1.165) is 44.9 Å². The number of benzene rings is 1. The Bertz CT molecular complexity index is 557. The zero-order valence-corrected chi connectivity index (χ0v) is 16.5. The zero-order valence-electron chi connectivity index (χ0n) is 14.2. The van der Waals surface area contributed by atoms with Crippen molar-refractivity contribution in [3.63, 3.8) is 0 Å². The molecule has 0 aromatic heterocycles. The number of guanidine groups is 1. The van der Waals surface area contributed by atoms with Crippen molar-refractivity contribution in [1.82, 2.24) is 15.5 Å². The SMILES string of the molecule is CCNC(=NCC(=O)N1CCCC1)NC1CC1c1ccccc1.I. The molecule has 24 heavy (non-hydrogen) atoms. The summed E-state index contributed by atoms with van der Waals surface area (Å²) >= 11 is 0. The molecule has 2 aliphatic rings. The van der Waals surface area contributed by atoms with Crippen LogP contribution in [0.1, 0.15) is 37.7 Å². The lowest BCUT2D eigenvalue weighted by Gasteiger charge is -2.15. The number of amides is 1. The fraction of sp³-hybridized carbons (Fsp3) is 0.556. The Balaban J connectivity index is 0.00000208. The van der Waals surface area contributed by atoms with Gasteiger partial charge in [-0.3, -0.25) is 4.79 Å². The van der Waals surface area contributed by atoms with Crippen LogP contribution < -0.4 is 10.6 Å². The summed E-state index contributed by atoms with van der Waals surface area (Å²) in [5, 5.41) is 6.69. The lowest BCUT2D eigenvalue weighted by Crippen LogP contribution is -2.40. The molecule has 1 heterocycles. The van der Waals surface area contributed by atoms with E-state index in [0.29, 0.717) is 12.0 Å². The summed E-state index contributed by atoms with van der Waals surface area (Å²) in [6, 6.07) is 11.0. The van der Waals surface area contributed by atoms with Gasteiger partial charge in [0.25, 0.3) is 0 Å². The van der Waals surface area contributed by atoms with E-state index in [2.05, 4.69) is 39.9 Å². The summed E-state index contributed by atoms with van der Waals surface area (Å²) in [6.07, 6.45) is 3.36. The highest BCUT2D eigenvalue weighted by Gasteiger charge is 2.38. The number of halogens is 1. The summed E-state index contributed by atoms with van der Waals surface area (Å²) in [6.45, 7) is 4.85. The largest absolute Gasteiger partial charge is 0.357 e. The molecule has 0 bridgehead atoms. The van der Waals surface area contributed by atoms with Crippen LogP contribution >= 0.6 is 24.0 Å². The van der Waals surface area contributed by atoms with Crippen molar-refractivity contribution in [2.75, 3.05) is 26.2 Å². The van der Waals surface area contributed by atoms with E-state index in [9.17, 15) is 4.79 Å². The van der Waals surface area contributed by atoms with Crippen molar-refractivity contribution in [3.05, 3.63) is 35.9 Å². The van der Waals surface area contributed by atoms with Gasteiger partial charge in [-0.25, -0.2) is 4.99 Å². The maximum absolute atomic E-state index is 12.1. The van der Waals surface area contributed by atoms with Gasteiger partial charge in [0.1, 0.15) is 6.54 Å². The van der Waals surface area contributed by atoms with Gasteiger partial charge in [-0.15, -0.1) is 24.0 Å². The Morgan fingerprint density at radius 3 is 2.62 bits per heavy atom. The Morgan fingerprint density at radius 1 is 1.25 bits per heavy atom. The van der Waals surface area contributed by atoms with Gasteiger partial charge in [0.05, 0.1) is 0 Å². The average Bonchev–Trinajstić information content (AvgIpc) is 3.12. The number of carbonyl (C=O) groups is 1. The number of aliphatic imine (C=N–C) groups is 1. The quantitative estimate of drug-likeness (QED) is 0.418. The van der Waals surface area contributed by atoms with E-state index in [1.807, 2.05) is 17.9 Å². The first-order valence-electron chi connectivity index (χ1n) is 8.65. The molecule has 1 amide bonds. The molecule has 6 heteroatoms. The molecular weight excluding hydrogens is 415 g/mol. The molecule has 0 radical (unpaired) electrons. The van der Waals surface area contributed by atoms with Crippen molar-refractivity contribution in [2.45, 2.75) is 38.1 Å². The van der Waals surface area contributed by atoms with Crippen LogP contribution in [0.3, 0.4) is 0 Å². The maximum Gasteiger partial charge on any atom is 0.244 e. The third-order valence-corrected chi connectivity index (χ3v) is 4.52. The van der Waals surface area contributed by atoms with E-state index in [1.165, 1.54) is 5.56 Å². The molecule has 1 aliphatic heterocycles. The summed E-state index contributed by atoms with van der Waals surface area (Å²) < 4.78 is 0. The topological polar surface area (TPSA) is 56.7 Å². The second-order valence-electron chi connectivity index (χ2n) is 6.29. The predicted molar refractivity (Wildman–Crippen MR) is 108 cm³/mol. The van der Waals surface area contributed by atoms with Crippen LogP contribution in [-0.4, -0.2) is 49.0 Å². The summed E-state index contributed by atoms with van der Waals surface area (Å²) in [4.78, 5) is 18.5. The van der Waals surface area contributed by atoms with Crippen LogP contribution in [0.25, 0.3) is 0 Å². The number of nitrogens with one attached hydrogen (secondary N) is 2. The lowest BCUT2D eigenvalue weighted by molar-refractivity contribution is -0.128. The van der Waals surface area contributed by atoms with Crippen molar-refractivity contribution < 1.29 is 4.79 Å². The van der Waals surface area contributed by atoms with Gasteiger partial charge in [-0.2, -0.15) is 0 Å². The highest BCUT2D eigenvalue weighted by atomic mass is 127. The molecule has 3 rings (SSSR count). The summed E-state index contributed by atoms with van der Waals surface area (Å²) in [5.74, 6) is 1.44. The van der Waals surface area contributed by atoms with Crippen LogP contribution in [0.15, 0.2) is 35.3 Å². The third-order valence-electron chi connectivity index (χ3n) is 4.52. The minimum absolute atomic E-state index is 0. The minimum atomic E-state index is 0. The van der Waals surface area contributed by atoms with Crippen LogP contribution in [0.4, 0.5) is 0 Å². The highest BCUT2D eigenvalue weighted by Crippen LogP contribution is 2.40. The van der Waals surface area contributed by atoms with E-state index in [-0.39, 0.29) is 36.4 Å². The minimum Gasteiger partial charge on any atom is -0.357 e. The first-order valence-corrected chi connectivity index (χ1v) is 8.65. The molecular formula is C18H27IN4O. The number of carbonyl (C=O) groups excluding carboxylic acids is 1. The monoisotopic (exact) mass is 442 g/mol. The predicted octanol–water partition coefficient (Wildman–Crippen LogP) is 2.34. The third kappa shape index (κ3) is 5.09.